The van der Waals surface area contributed by atoms with Crippen molar-refractivity contribution in [2.75, 3.05) is 31.1 Å². The number of carbonyl (C=O) groups excluding carboxylic acids is 1. The van der Waals surface area contributed by atoms with Crippen molar-refractivity contribution < 1.29 is 4.79 Å². The maximum atomic E-state index is 12.4. The summed E-state index contributed by atoms with van der Waals surface area (Å²) >= 11 is 0. The van der Waals surface area contributed by atoms with Crippen molar-refractivity contribution in [3.63, 3.8) is 0 Å². The fourth-order valence-corrected chi connectivity index (χ4v) is 2.44. The van der Waals surface area contributed by atoms with E-state index in [9.17, 15) is 4.79 Å². The van der Waals surface area contributed by atoms with E-state index >= 15 is 0 Å². The van der Waals surface area contributed by atoms with E-state index in [0.717, 1.165) is 18.7 Å². The van der Waals surface area contributed by atoms with Crippen LogP contribution in [0.4, 0.5) is 5.69 Å². The van der Waals surface area contributed by atoms with E-state index in [1.807, 2.05) is 40.2 Å². The molecule has 1 amide bonds. The molecule has 0 spiro atoms. The van der Waals surface area contributed by atoms with Crippen molar-refractivity contribution in [2.45, 2.75) is 6.42 Å². The first kappa shape index (κ1) is 13.6. The molecule has 0 unspecified atom stereocenters. The number of rotatable bonds is 6. The number of carbonyl (C=O) groups is 1. The first-order chi connectivity index (χ1) is 9.26. The van der Waals surface area contributed by atoms with E-state index in [0.29, 0.717) is 19.6 Å². The number of hydrogen-bond acceptors (Lipinski definition) is 2. The van der Waals surface area contributed by atoms with Crippen LogP contribution in [0, 0.1) is 0 Å². The zero-order chi connectivity index (χ0) is 13.7. The van der Waals surface area contributed by atoms with Crippen molar-refractivity contribution >= 4 is 11.6 Å². The first-order valence-electron chi connectivity index (χ1n) is 6.58. The summed E-state index contributed by atoms with van der Waals surface area (Å²) < 4.78 is 0. The van der Waals surface area contributed by atoms with E-state index in [4.69, 9.17) is 0 Å². The maximum absolute atomic E-state index is 12.4. The molecule has 0 fully saturated rings. The van der Waals surface area contributed by atoms with Gasteiger partial charge in [-0.05, 0) is 18.1 Å². The number of benzene rings is 1. The number of nitrogens with zero attached hydrogens (tertiary/aromatic N) is 2. The SMILES string of the molecule is C=CCN(CC=C)CC(=O)N1CCc2ccccc21. The molecular weight excluding hydrogens is 236 g/mol. The van der Waals surface area contributed by atoms with Gasteiger partial charge in [0.1, 0.15) is 0 Å². The van der Waals surface area contributed by atoms with E-state index in [2.05, 4.69) is 19.2 Å². The third kappa shape index (κ3) is 3.12. The normalized spacial score (nSPS) is 13.4. The summed E-state index contributed by atoms with van der Waals surface area (Å²) in [5.74, 6) is 0.147. The molecular formula is C16H20N2O. The number of para-hydroxylation sites is 1. The second-order valence-corrected chi connectivity index (χ2v) is 4.70. The summed E-state index contributed by atoms with van der Waals surface area (Å²) in [6, 6.07) is 8.11. The molecule has 0 aromatic heterocycles. The van der Waals surface area contributed by atoms with Gasteiger partial charge in [0.2, 0.25) is 5.91 Å². The van der Waals surface area contributed by atoms with Crippen LogP contribution in [0.25, 0.3) is 0 Å². The minimum Gasteiger partial charge on any atom is -0.311 e. The highest BCUT2D eigenvalue weighted by molar-refractivity contribution is 5.96. The fraction of sp³-hybridized carbons (Fsp3) is 0.312. The summed E-state index contributed by atoms with van der Waals surface area (Å²) in [5, 5.41) is 0. The van der Waals surface area contributed by atoms with Crippen LogP contribution in [0.3, 0.4) is 0 Å². The Hall–Kier alpha value is -1.87. The summed E-state index contributed by atoms with van der Waals surface area (Å²) in [6.07, 6.45) is 4.58. The Balaban J connectivity index is 2.04. The molecule has 3 heteroatoms. The Labute approximate surface area is 114 Å². The smallest absolute Gasteiger partial charge is 0.241 e. The Morgan fingerprint density at radius 3 is 2.63 bits per heavy atom. The van der Waals surface area contributed by atoms with Crippen LogP contribution < -0.4 is 4.90 Å². The molecule has 0 saturated carbocycles. The summed E-state index contributed by atoms with van der Waals surface area (Å²) in [6.45, 7) is 10.0. The van der Waals surface area contributed by atoms with Gasteiger partial charge >= 0.3 is 0 Å². The molecule has 19 heavy (non-hydrogen) atoms. The lowest BCUT2D eigenvalue weighted by atomic mass is 10.2. The minimum absolute atomic E-state index is 0.147. The molecule has 0 radical (unpaired) electrons. The average Bonchev–Trinajstić information content (AvgIpc) is 2.83. The summed E-state index contributed by atoms with van der Waals surface area (Å²) in [7, 11) is 0. The van der Waals surface area contributed by atoms with Crippen LogP contribution in [0.1, 0.15) is 5.56 Å². The highest BCUT2D eigenvalue weighted by Gasteiger charge is 2.24. The summed E-state index contributed by atoms with van der Waals surface area (Å²) in [4.78, 5) is 16.3. The summed E-state index contributed by atoms with van der Waals surface area (Å²) in [5.41, 5.74) is 2.32. The number of hydrogen-bond donors (Lipinski definition) is 0. The molecule has 1 aromatic carbocycles. The van der Waals surface area contributed by atoms with Crippen LogP contribution in [0.15, 0.2) is 49.6 Å². The second-order valence-electron chi connectivity index (χ2n) is 4.70. The molecule has 1 heterocycles. The van der Waals surface area contributed by atoms with E-state index in [1.54, 1.807) is 0 Å². The quantitative estimate of drug-likeness (QED) is 0.729. The van der Waals surface area contributed by atoms with Crippen molar-refractivity contribution in [2.24, 2.45) is 0 Å². The predicted octanol–water partition coefficient (Wildman–Crippen LogP) is 2.25. The molecule has 100 valence electrons. The largest absolute Gasteiger partial charge is 0.311 e. The lowest BCUT2D eigenvalue weighted by Gasteiger charge is -2.23. The van der Waals surface area contributed by atoms with Gasteiger partial charge in [-0.2, -0.15) is 0 Å². The Morgan fingerprint density at radius 2 is 1.95 bits per heavy atom. The van der Waals surface area contributed by atoms with E-state index in [-0.39, 0.29) is 5.91 Å². The molecule has 0 bridgehead atoms. The predicted molar refractivity (Wildman–Crippen MR) is 79.3 cm³/mol. The molecule has 2 rings (SSSR count). The highest BCUT2D eigenvalue weighted by atomic mass is 16.2. The van der Waals surface area contributed by atoms with Gasteiger partial charge in [0.15, 0.2) is 0 Å². The standard InChI is InChI=1S/C16H20N2O/c1-3-10-17(11-4-2)13-16(19)18-12-9-14-7-5-6-8-15(14)18/h3-8H,1-2,9-13H2. The van der Waals surface area contributed by atoms with Gasteiger partial charge in [0, 0.05) is 25.3 Å². The highest BCUT2D eigenvalue weighted by Crippen LogP contribution is 2.27. The molecule has 3 nitrogen and oxygen atoms in total. The Bertz CT molecular complexity index is 471. The third-order valence-corrected chi connectivity index (χ3v) is 3.32. The van der Waals surface area contributed by atoms with Crippen molar-refractivity contribution in [3.8, 4) is 0 Å². The molecule has 0 N–H and O–H groups in total. The molecule has 0 aliphatic carbocycles. The van der Waals surface area contributed by atoms with Crippen LogP contribution in [-0.4, -0.2) is 37.0 Å². The van der Waals surface area contributed by atoms with Gasteiger partial charge in [-0.15, -0.1) is 13.2 Å². The van der Waals surface area contributed by atoms with E-state index in [1.165, 1.54) is 5.56 Å². The lowest BCUT2D eigenvalue weighted by Crippen LogP contribution is -2.39. The van der Waals surface area contributed by atoms with E-state index < -0.39 is 0 Å². The minimum atomic E-state index is 0.147. The monoisotopic (exact) mass is 256 g/mol. The van der Waals surface area contributed by atoms with Gasteiger partial charge in [0.25, 0.3) is 0 Å². The van der Waals surface area contributed by atoms with Crippen LogP contribution >= 0.6 is 0 Å². The van der Waals surface area contributed by atoms with Crippen molar-refractivity contribution in [1.82, 2.24) is 4.90 Å². The fourth-order valence-electron chi connectivity index (χ4n) is 2.44. The average molecular weight is 256 g/mol. The number of fused-ring (bicyclic) bond motifs is 1. The maximum Gasteiger partial charge on any atom is 0.241 e. The van der Waals surface area contributed by atoms with Gasteiger partial charge < -0.3 is 4.90 Å². The Morgan fingerprint density at radius 1 is 1.26 bits per heavy atom. The van der Waals surface area contributed by atoms with Crippen molar-refractivity contribution in [1.29, 1.82) is 0 Å². The van der Waals surface area contributed by atoms with Gasteiger partial charge in [-0.25, -0.2) is 0 Å². The van der Waals surface area contributed by atoms with Crippen LogP contribution in [-0.2, 0) is 11.2 Å². The number of amides is 1. The van der Waals surface area contributed by atoms with Crippen LogP contribution in [0.2, 0.25) is 0 Å². The third-order valence-electron chi connectivity index (χ3n) is 3.32. The lowest BCUT2D eigenvalue weighted by molar-refractivity contribution is -0.119. The molecule has 1 aromatic rings. The molecule has 0 saturated heterocycles. The van der Waals surface area contributed by atoms with Gasteiger partial charge in [0.05, 0.1) is 6.54 Å². The Kier molecular flexibility index (Phi) is 4.53. The topological polar surface area (TPSA) is 23.6 Å². The van der Waals surface area contributed by atoms with Crippen LogP contribution in [0.5, 0.6) is 0 Å². The zero-order valence-corrected chi connectivity index (χ0v) is 11.2. The van der Waals surface area contributed by atoms with Gasteiger partial charge in [-0.3, -0.25) is 9.69 Å². The zero-order valence-electron chi connectivity index (χ0n) is 11.2. The first-order valence-corrected chi connectivity index (χ1v) is 6.58. The number of anilines is 1. The van der Waals surface area contributed by atoms with Crippen molar-refractivity contribution in [3.05, 3.63) is 55.1 Å². The molecule has 0 atom stereocenters. The molecule has 1 aliphatic rings. The molecule has 1 aliphatic heterocycles. The van der Waals surface area contributed by atoms with Gasteiger partial charge in [-0.1, -0.05) is 30.4 Å². The second kappa shape index (κ2) is 6.34.